The molecule has 118 valence electrons. The maximum absolute atomic E-state index is 4.25. The maximum atomic E-state index is 4.25. The SMILES string of the molecule is Cc1ccc(CNc2cccc(-c3nnc(C)n3C)c2)cc1Br. The predicted molar refractivity (Wildman–Crippen MR) is 97.4 cm³/mol. The number of hydrogen-bond donors (Lipinski definition) is 1. The highest BCUT2D eigenvalue weighted by Crippen LogP contribution is 2.22. The standard InChI is InChI=1S/C18H19BrN4/c1-12-7-8-14(9-17(12)19)11-20-16-6-4-5-15(10-16)18-22-21-13(2)23(18)3/h4-10,20H,11H2,1-3H3. The monoisotopic (exact) mass is 370 g/mol. The fourth-order valence-corrected chi connectivity index (χ4v) is 2.80. The zero-order valence-corrected chi connectivity index (χ0v) is 15.1. The predicted octanol–water partition coefficient (Wildman–Crippen LogP) is 4.47. The largest absolute Gasteiger partial charge is 0.381 e. The molecule has 0 atom stereocenters. The van der Waals surface area contributed by atoms with E-state index in [0.29, 0.717) is 0 Å². The number of benzene rings is 2. The minimum atomic E-state index is 0.778. The molecular weight excluding hydrogens is 352 g/mol. The van der Waals surface area contributed by atoms with Gasteiger partial charge in [0, 0.05) is 29.3 Å². The maximum Gasteiger partial charge on any atom is 0.163 e. The lowest BCUT2D eigenvalue weighted by Gasteiger charge is -2.09. The summed E-state index contributed by atoms with van der Waals surface area (Å²) in [6.45, 7) is 4.82. The van der Waals surface area contributed by atoms with Gasteiger partial charge in [-0.2, -0.15) is 0 Å². The van der Waals surface area contributed by atoms with Crippen molar-refractivity contribution in [3.05, 3.63) is 63.9 Å². The van der Waals surface area contributed by atoms with Gasteiger partial charge in [-0.25, -0.2) is 0 Å². The van der Waals surface area contributed by atoms with E-state index < -0.39 is 0 Å². The summed E-state index contributed by atoms with van der Waals surface area (Å²) in [7, 11) is 1.98. The molecule has 4 nitrogen and oxygen atoms in total. The number of nitrogens with zero attached hydrogens (tertiary/aromatic N) is 3. The van der Waals surface area contributed by atoms with Gasteiger partial charge in [0.25, 0.3) is 0 Å². The third-order valence-corrected chi connectivity index (χ3v) is 4.80. The molecule has 5 heteroatoms. The molecule has 0 spiro atoms. The smallest absolute Gasteiger partial charge is 0.163 e. The first kappa shape index (κ1) is 15.7. The molecule has 0 unspecified atom stereocenters. The van der Waals surface area contributed by atoms with E-state index in [2.05, 4.69) is 74.8 Å². The third-order valence-electron chi connectivity index (χ3n) is 3.95. The van der Waals surface area contributed by atoms with Gasteiger partial charge in [0.1, 0.15) is 5.82 Å². The summed E-state index contributed by atoms with van der Waals surface area (Å²) in [6.07, 6.45) is 0. The normalized spacial score (nSPS) is 10.8. The molecule has 23 heavy (non-hydrogen) atoms. The summed E-state index contributed by atoms with van der Waals surface area (Å²) in [4.78, 5) is 0. The summed E-state index contributed by atoms with van der Waals surface area (Å²) in [6, 6.07) is 14.7. The van der Waals surface area contributed by atoms with Crippen LogP contribution >= 0.6 is 15.9 Å². The molecule has 0 radical (unpaired) electrons. The number of anilines is 1. The number of nitrogens with one attached hydrogen (secondary N) is 1. The van der Waals surface area contributed by atoms with Crippen LogP contribution in [0.15, 0.2) is 46.9 Å². The van der Waals surface area contributed by atoms with Crippen molar-refractivity contribution in [3.63, 3.8) is 0 Å². The quantitative estimate of drug-likeness (QED) is 0.736. The van der Waals surface area contributed by atoms with E-state index >= 15 is 0 Å². The van der Waals surface area contributed by atoms with Crippen molar-refractivity contribution < 1.29 is 0 Å². The third kappa shape index (κ3) is 3.45. The summed E-state index contributed by atoms with van der Waals surface area (Å²) < 4.78 is 3.14. The molecule has 0 saturated carbocycles. The Labute approximate surface area is 144 Å². The molecule has 1 N–H and O–H groups in total. The van der Waals surface area contributed by atoms with Crippen LogP contribution in [0.4, 0.5) is 5.69 Å². The first-order valence-corrected chi connectivity index (χ1v) is 8.29. The molecule has 2 aromatic carbocycles. The lowest BCUT2D eigenvalue weighted by molar-refractivity contribution is 0.865. The van der Waals surface area contributed by atoms with Crippen LogP contribution < -0.4 is 5.32 Å². The van der Waals surface area contributed by atoms with Crippen molar-refractivity contribution >= 4 is 21.6 Å². The van der Waals surface area contributed by atoms with Crippen molar-refractivity contribution in [2.75, 3.05) is 5.32 Å². The van der Waals surface area contributed by atoms with Gasteiger partial charge in [-0.15, -0.1) is 10.2 Å². The molecular formula is C18H19BrN4. The Morgan fingerprint density at radius 1 is 1.09 bits per heavy atom. The Morgan fingerprint density at radius 3 is 2.61 bits per heavy atom. The summed E-state index contributed by atoms with van der Waals surface area (Å²) in [5.74, 6) is 1.78. The molecule has 0 fully saturated rings. The molecule has 1 heterocycles. The molecule has 3 rings (SSSR count). The number of rotatable bonds is 4. The minimum Gasteiger partial charge on any atom is -0.381 e. The van der Waals surface area contributed by atoms with E-state index in [9.17, 15) is 0 Å². The Morgan fingerprint density at radius 2 is 1.91 bits per heavy atom. The number of aryl methyl sites for hydroxylation is 2. The number of hydrogen-bond acceptors (Lipinski definition) is 3. The van der Waals surface area contributed by atoms with Crippen LogP contribution in [0.3, 0.4) is 0 Å². The molecule has 0 aliphatic rings. The molecule has 0 aliphatic heterocycles. The molecule has 0 saturated heterocycles. The van der Waals surface area contributed by atoms with Crippen LogP contribution in [-0.2, 0) is 13.6 Å². The van der Waals surface area contributed by atoms with E-state index in [4.69, 9.17) is 0 Å². The zero-order chi connectivity index (χ0) is 16.4. The van der Waals surface area contributed by atoms with Crippen LogP contribution in [-0.4, -0.2) is 14.8 Å². The van der Waals surface area contributed by atoms with E-state index in [0.717, 1.165) is 33.9 Å². The van der Waals surface area contributed by atoms with Gasteiger partial charge in [-0.1, -0.05) is 40.2 Å². The number of aromatic nitrogens is 3. The lowest BCUT2D eigenvalue weighted by atomic mass is 10.1. The van der Waals surface area contributed by atoms with Gasteiger partial charge in [0.15, 0.2) is 5.82 Å². The fourth-order valence-electron chi connectivity index (χ4n) is 2.38. The minimum absolute atomic E-state index is 0.778. The second-order valence-corrected chi connectivity index (χ2v) is 6.50. The fraction of sp³-hybridized carbons (Fsp3) is 0.222. The van der Waals surface area contributed by atoms with E-state index in [1.54, 1.807) is 0 Å². The summed E-state index contributed by atoms with van der Waals surface area (Å²) in [5.41, 5.74) is 4.61. The van der Waals surface area contributed by atoms with Crippen molar-refractivity contribution in [1.82, 2.24) is 14.8 Å². The highest BCUT2D eigenvalue weighted by molar-refractivity contribution is 9.10. The Bertz CT molecular complexity index is 839. The van der Waals surface area contributed by atoms with Gasteiger partial charge in [0.2, 0.25) is 0 Å². The average Bonchev–Trinajstić information content (AvgIpc) is 2.88. The highest BCUT2D eigenvalue weighted by atomic mass is 79.9. The van der Waals surface area contributed by atoms with Crippen LogP contribution in [0.2, 0.25) is 0 Å². The average molecular weight is 371 g/mol. The first-order chi connectivity index (χ1) is 11.0. The Hall–Kier alpha value is -2.14. The van der Waals surface area contributed by atoms with Gasteiger partial charge in [-0.3, -0.25) is 0 Å². The van der Waals surface area contributed by atoms with Crippen molar-refractivity contribution in [3.8, 4) is 11.4 Å². The summed E-state index contributed by atoms with van der Waals surface area (Å²) in [5, 5.41) is 11.8. The zero-order valence-electron chi connectivity index (χ0n) is 13.5. The van der Waals surface area contributed by atoms with Crippen LogP contribution in [0.25, 0.3) is 11.4 Å². The second-order valence-electron chi connectivity index (χ2n) is 5.65. The molecule has 0 amide bonds. The van der Waals surface area contributed by atoms with E-state index in [-0.39, 0.29) is 0 Å². The van der Waals surface area contributed by atoms with E-state index in [1.807, 2.05) is 24.6 Å². The van der Waals surface area contributed by atoms with E-state index in [1.165, 1.54) is 11.1 Å². The second kappa shape index (κ2) is 6.54. The molecule has 0 aliphatic carbocycles. The topological polar surface area (TPSA) is 42.7 Å². The number of halogens is 1. The molecule has 0 bridgehead atoms. The van der Waals surface area contributed by atoms with Crippen molar-refractivity contribution in [1.29, 1.82) is 0 Å². The van der Waals surface area contributed by atoms with Crippen molar-refractivity contribution in [2.45, 2.75) is 20.4 Å². The van der Waals surface area contributed by atoms with Crippen LogP contribution in [0, 0.1) is 13.8 Å². The Kier molecular flexibility index (Phi) is 4.48. The molecule has 1 aromatic heterocycles. The van der Waals surface area contributed by atoms with Gasteiger partial charge in [-0.05, 0) is 43.2 Å². The van der Waals surface area contributed by atoms with Gasteiger partial charge in [0.05, 0.1) is 0 Å². The first-order valence-electron chi connectivity index (χ1n) is 7.50. The van der Waals surface area contributed by atoms with Crippen LogP contribution in [0.5, 0.6) is 0 Å². The molecule has 3 aromatic rings. The summed E-state index contributed by atoms with van der Waals surface area (Å²) >= 11 is 3.58. The van der Waals surface area contributed by atoms with Crippen molar-refractivity contribution in [2.24, 2.45) is 7.05 Å². The lowest BCUT2D eigenvalue weighted by Crippen LogP contribution is -2.00. The Balaban J connectivity index is 1.77. The van der Waals surface area contributed by atoms with Gasteiger partial charge >= 0.3 is 0 Å². The van der Waals surface area contributed by atoms with Gasteiger partial charge < -0.3 is 9.88 Å². The van der Waals surface area contributed by atoms with Crippen LogP contribution in [0.1, 0.15) is 17.0 Å². The highest BCUT2D eigenvalue weighted by Gasteiger charge is 2.08.